The van der Waals surface area contributed by atoms with E-state index in [2.05, 4.69) is 71.7 Å². The van der Waals surface area contributed by atoms with E-state index in [1.165, 1.54) is 37.7 Å². The van der Waals surface area contributed by atoms with Crippen molar-refractivity contribution in [2.75, 3.05) is 0 Å². The molecule has 4 aliphatic carbocycles. The Kier molecular flexibility index (Phi) is 21.6. The monoisotopic (exact) mass is 1220 g/mol. The van der Waals surface area contributed by atoms with Gasteiger partial charge in [0.1, 0.15) is 17.1 Å². The molecule has 6 N–H and O–H groups in total. The summed E-state index contributed by atoms with van der Waals surface area (Å²) < 4.78 is 0. The number of nitrogens with one attached hydrogen (secondary N) is 6. The van der Waals surface area contributed by atoms with E-state index in [4.69, 9.17) is 34.8 Å². The molecule has 15 heteroatoms. The number of carbonyl (C=O) groups is 3. The van der Waals surface area contributed by atoms with E-state index in [0.717, 1.165) is 165 Å². The fourth-order valence-corrected chi connectivity index (χ4v) is 12.7. The van der Waals surface area contributed by atoms with Gasteiger partial charge in [-0.1, -0.05) is 151 Å². The second kappa shape index (κ2) is 30.2. The highest BCUT2D eigenvalue weighted by atomic mass is 35.5. The van der Waals surface area contributed by atoms with Crippen molar-refractivity contribution in [3.8, 4) is 0 Å². The van der Waals surface area contributed by atoms with E-state index in [0.29, 0.717) is 23.0 Å². The molecule has 450 valence electrons. The molecule has 8 aromatic rings. The number of hydrogen-bond acceptors (Lipinski definition) is 6. The first-order chi connectivity index (χ1) is 42.3. The van der Waals surface area contributed by atoms with Crippen LogP contribution in [0.3, 0.4) is 0 Å². The summed E-state index contributed by atoms with van der Waals surface area (Å²) in [4.78, 5) is 38.9. The predicted molar refractivity (Wildman–Crippen MR) is 355 cm³/mol. The van der Waals surface area contributed by atoms with Gasteiger partial charge in [-0.05, 0) is 216 Å². The van der Waals surface area contributed by atoms with Crippen molar-refractivity contribution in [1.82, 2.24) is 46.5 Å². The number of nitrogens with zero attached hydrogens (tertiary/aromatic N) is 3. The number of benzene rings is 5. The fourth-order valence-electron chi connectivity index (χ4n) is 12.3. The summed E-state index contributed by atoms with van der Waals surface area (Å²) in [6.07, 6.45) is 24.7. The average molecular weight is 1220 g/mol. The van der Waals surface area contributed by atoms with Crippen LogP contribution in [0.25, 0.3) is 34.9 Å². The molecule has 0 spiro atoms. The minimum atomic E-state index is -0.108. The van der Waals surface area contributed by atoms with Crippen LogP contribution in [0.1, 0.15) is 216 Å². The van der Waals surface area contributed by atoms with Crippen molar-refractivity contribution in [2.45, 2.75) is 148 Å². The molecule has 87 heavy (non-hydrogen) atoms. The van der Waals surface area contributed by atoms with Crippen molar-refractivity contribution in [3.05, 3.63) is 227 Å². The SMILES string of the molecule is C[C@@H](NC(=O)c1[nH]nc2c1CCCC/C2=C\c1ccc(Cl)cc1)c1ccccc1.C[C@H](NC(=O)c1[nH]nc2c1CCCC/C2=C\c1ccc(Cl)cc1)C1CCCCC1.C[C@H](NC(=O)c1[nH]nc2c1CCCC/C2=C\c1ccc(Cl)cc1)c1ccccc1. The van der Waals surface area contributed by atoms with E-state index in [-0.39, 0.29) is 35.8 Å². The standard InChI is InChI=1S/C24H30ClN3O.2C24H24ClN3O/c3*1-16(18-7-3-2-4-8-18)26-24(29)23-21-10-6-5-9-19(22(21)27-28-23)15-17-11-13-20(25)14-12-17/h11-16,18H,2-10H2,1H3,(H,26,29)(H,27,28);2*2-4,7-8,11-16H,5-6,9-10H2,1H3,(H,26,29)(H,27,28)/b3*19-15+/t3*16-/m010/s1. The molecule has 12 nitrogen and oxygen atoms in total. The maximum atomic E-state index is 13.0. The van der Waals surface area contributed by atoms with E-state index >= 15 is 0 Å². The largest absolute Gasteiger partial charge is 0.348 e. The third kappa shape index (κ3) is 16.5. The van der Waals surface area contributed by atoms with Gasteiger partial charge in [0.25, 0.3) is 17.7 Å². The lowest BCUT2D eigenvalue weighted by molar-refractivity contribution is 0.0909. The first-order valence-corrected chi connectivity index (χ1v) is 32.1. The molecular formula is C72H78Cl3N9O3. The van der Waals surface area contributed by atoms with Crippen molar-refractivity contribution in [3.63, 3.8) is 0 Å². The molecule has 4 aliphatic rings. The Morgan fingerprint density at radius 1 is 0.414 bits per heavy atom. The Bertz CT molecular complexity index is 3520. The first-order valence-electron chi connectivity index (χ1n) is 31.0. The lowest BCUT2D eigenvalue weighted by Crippen LogP contribution is -2.39. The van der Waals surface area contributed by atoms with Gasteiger partial charge in [-0.3, -0.25) is 29.7 Å². The highest BCUT2D eigenvalue weighted by molar-refractivity contribution is 6.31. The van der Waals surface area contributed by atoms with Crippen molar-refractivity contribution in [1.29, 1.82) is 0 Å². The van der Waals surface area contributed by atoms with Gasteiger partial charge in [-0.25, -0.2) is 0 Å². The van der Waals surface area contributed by atoms with Crippen LogP contribution in [0.15, 0.2) is 133 Å². The smallest absolute Gasteiger partial charge is 0.270 e. The zero-order valence-corrected chi connectivity index (χ0v) is 52.2. The lowest BCUT2D eigenvalue weighted by Gasteiger charge is -2.28. The number of aromatic nitrogens is 6. The molecule has 3 atom stereocenters. The molecular weight excluding hydrogens is 1150 g/mol. The van der Waals surface area contributed by atoms with Crippen molar-refractivity contribution in [2.24, 2.45) is 5.92 Å². The molecule has 0 saturated heterocycles. The Labute approximate surface area is 526 Å². The molecule has 0 unspecified atom stereocenters. The topological polar surface area (TPSA) is 173 Å². The number of aromatic amines is 3. The van der Waals surface area contributed by atoms with Crippen molar-refractivity contribution >= 4 is 87.5 Å². The van der Waals surface area contributed by atoms with Crippen LogP contribution in [0, 0.1) is 5.92 Å². The second-order valence-corrected chi connectivity index (χ2v) is 24.7. The van der Waals surface area contributed by atoms with Crippen LogP contribution in [0.2, 0.25) is 15.1 Å². The molecule has 1 saturated carbocycles. The summed E-state index contributed by atoms with van der Waals surface area (Å²) in [5, 5.41) is 34.3. The minimum Gasteiger partial charge on any atom is -0.348 e. The normalized spacial score (nSPS) is 17.5. The van der Waals surface area contributed by atoms with E-state index in [9.17, 15) is 14.4 Å². The van der Waals surface area contributed by atoms with Crippen LogP contribution in [-0.2, 0) is 19.3 Å². The number of amides is 3. The van der Waals surface area contributed by atoms with E-state index < -0.39 is 0 Å². The molecule has 12 rings (SSSR count). The third-order valence-corrected chi connectivity index (χ3v) is 18.0. The van der Waals surface area contributed by atoms with Crippen LogP contribution < -0.4 is 16.0 Å². The van der Waals surface area contributed by atoms with Gasteiger partial charge in [-0.2, -0.15) is 15.3 Å². The zero-order valence-electron chi connectivity index (χ0n) is 50.0. The van der Waals surface area contributed by atoms with E-state index in [1.54, 1.807) is 0 Å². The number of rotatable bonds is 12. The third-order valence-electron chi connectivity index (χ3n) is 17.2. The Hall–Kier alpha value is -7.77. The number of carbonyl (C=O) groups excluding carboxylic acids is 3. The summed E-state index contributed by atoms with van der Waals surface area (Å²) >= 11 is 18.0. The molecule has 0 radical (unpaired) electrons. The fraction of sp³-hybridized carbons (Fsp3) is 0.333. The zero-order chi connectivity index (χ0) is 60.7. The summed E-state index contributed by atoms with van der Waals surface area (Å²) in [5.74, 6) is 0.366. The Morgan fingerprint density at radius 3 is 1.06 bits per heavy atom. The minimum absolute atomic E-state index is 0.00966. The summed E-state index contributed by atoms with van der Waals surface area (Å²) in [6.45, 7) is 6.14. The summed E-state index contributed by atoms with van der Waals surface area (Å²) in [7, 11) is 0. The highest BCUT2D eigenvalue weighted by Gasteiger charge is 2.29. The van der Waals surface area contributed by atoms with Gasteiger partial charge in [0.05, 0.1) is 29.2 Å². The van der Waals surface area contributed by atoms with Crippen molar-refractivity contribution < 1.29 is 14.4 Å². The van der Waals surface area contributed by atoms with Crippen LogP contribution >= 0.6 is 34.8 Å². The van der Waals surface area contributed by atoms with Gasteiger partial charge in [0.15, 0.2) is 0 Å². The van der Waals surface area contributed by atoms with Gasteiger partial charge in [0, 0.05) is 37.8 Å². The lowest BCUT2D eigenvalue weighted by atomic mass is 9.84. The summed E-state index contributed by atoms with van der Waals surface area (Å²) in [6, 6.07) is 43.4. The highest BCUT2D eigenvalue weighted by Crippen LogP contribution is 2.36. The Balaban J connectivity index is 0.000000144. The van der Waals surface area contributed by atoms with Crippen LogP contribution in [-0.4, -0.2) is 54.4 Å². The number of fused-ring (bicyclic) bond motifs is 3. The maximum Gasteiger partial charge on any atom is 0.270 e. The van der Waals surface area contributed by atoms with Gasteiger partial charge >= 0.3 is 0 Å². The molecule has 5 aromatic carbocycles. The number of halogens is 3. The number of H-pyrrole nitrogens is 3. The molecule has 3 heterocycles. The van der Waals surface area contributed by atoms with Gasteiger partial charge in [0.2, 0.25) is 0 Å². The predicted octanol–water partition coefficient (Wildman–Crippen LogP) is 17.7. The summed E-state index contributed by atoms with van der Waals surface area (Å²) in [5.41, 5.74) is 16.6. The maximum absolute atomic E-state index is 13.0. The first kappa shape index (κ1) is 62.3. The molecule has 3 aromatic heterocycles. The van der Waals surface area contributed by atoms with Crippen LogP contribution in [0.5, 0.6) is 0 Å². The molecule has 0 bridgehead atoms. The average Bonchev–Trinajstić information content (AvgIpc) is 3.20. The second-order valence-electron chi connectivity index (χ2n) is 23.4. The molecule has 0 aliphatic heterocycles. The number of allylic oxidation sites excluding steroid dienone is 3. The number of hydrogen-bond donors (Lipinski definition) is 6. The van der Waals surface area contributed by atoms with Crippen LogP contribution in [0.4, 0.5) is 0 Å². The molecule has 3 amide bonds. The quantitative estimate of drug-likeness (QED) is 0.0664. The van der Waals surface area contributed by atoms with Gasteiger partial charge < -0.3 is 16.0 Å². The van der Waals surface area contributed by atoms with Gasteiger partial charge in [-0.15, -0.1) is 0 Å². The molecule has 1 fully saturated rings. The Morgan fingerprint density at radius 2 is 0.724 bits per heavy atom. The van der Waals surface area contributed by atoms with E-state index in [1.807, 2.05) is 147 Å².